The largest absolute Gasteiger partial charge is 0.312 e. The number of hydrogen-bond donors (Lipinski definition) is 1. The Balaban J connectivity index is 1.47. The van der Waals surface area contributed by atoms with Crippen LogP contribution in [-0.4, -0.2) is 46.7 Å². The van der Waals surface area contributed by atoms with Crippen molar-refractivity contribution >= 4 is 37.3 Å². The van der Waals surface area contributed by atoms with E-state index in [0.29, 0.717) is 31.7 Å². The van der Waals surface area contributed by atoms with Gasteiger partial charge in [-0.15, -0.1) is 0 Å². The molecule has 0 bridgehead atoms. The Morgan fingerprint density at radius 1 is 0.688 bits per heavy atom. The van der Waals surface area contributed by atoms with Crippen molar-refractivity contribution < 1.29 is 21.6 Å². The van der Waals surface area contributed by atoms with E-state index in [2.05, 4.69) is 4.72 Å². The quantitative estimate of drug-likeness (QED) is 0.688. The SMILES string of the molecule is O=C1CCCN1c1ccc(S(=O)(=O)Nc2ccc(S(=O)(=O)N3CCCCCC3)cc2)cc1. The number of anilines is 2. The summed E-state index contributed by atoms with van der Waals surface area (Å²) in [6.45, 7) is 1.65. The molecule has 2 fully saturated rings. The molecule has 0 aliphatic carbocycles. The van der Waals surface area contributed by atoms with Gasteiger partial charge in [0.15, 0.2) is 0 Å². The monoisotopic (exact) mass is 477 g/mol. The summed E-state index contributed by atoms with van der Waals surface area (Å²) in [6.07, 6.45) is 5.06. The molecule has 172 valence electrons. The van der Waals surface area contributed by atoms with E-state index < -0.39 is 20.0 Å². The second-order valence-corrected chi connectivity index (χ2v) is 11.7. The Kier molecular flexibility index (Phi) is 6.55. The standard InChI is InChI=1S/C22H27N3O5S2/c26-22-6-5-17-25(22)19-9-13-20(14-10-19)31(27,28)23-18-7-11-21(12-8-18)32(29,30)24-15-3-1-2-4-16-24/h7-14,23H,1-6,15-17H2. The molecule has 2 saturated heterocycles. The van der Waals surface area contributed by atoms with E-state index >= 15 is 0 Å². The molecule has 10 heteroatoms. The summed E-state index contributed by atoms with van der Waals surface area (Å²) in [5.74, 6) is 0.0361. The Bertz CT molecular complexity index is 1170. The predicted molar refractivity (Wildman–Crippen MR) is 123 cm³/mol. The molecule has 4 rings (SSSR count). The molecule has 0 saturated carbocycles. The third kappa shape index (κ3) is 4.82. The Morgan fingerprint density at radius 3 is 1.84 bits per heavy atom. The van der Waals surface area contributed by atoms with Gasteiger partial charge in [0.05, 0.1) is 9.79 Å². The minimum atomic E-state index is -3.85. The van der Waals surface area contributed by atoms with Gasteiger partial charge in [-0.1, -0.05) is 12.8 Å². The van der Waals surface area contributed by atoms with E-state index in [9.17, 15) is 21.6 Å². The molecule has 0 atom stereocenters. The summed E-state index contributed by atoms with van der Waals surface area (Å²) in [6, 6.07) is 11.9. The van der Waals surface area contributed by atoms with Crippen molar-refractivity contribution in [2.24, 2.45) is 0 Å². The maximum atomic E-state index is 12.9. The van der Waals surface area contributed by atoms with Crippen molar-refractivity contribution in [3.63, 3.8) is 0 Å². The molecular weight excluding hydrogens is 450 g/mol. The fraction of sp³-hybridized carbons (Fsp3) is 0.409. The zero-order valence-electron chi connectivity index (χ0n) is 17.7. The molecule has 2 heterocycles. The van der Waals surface area contributed by atoms with E-state index in [1.165, 1.54) is 40.7 Å². The number of nitrogens with zero attached hydrogens (tertiary/aromatic N) is 2. The summed E-state index contributed by atoms with van der Waals surface area (Å²) in [4.78, 5) is 13.7. The van der Waals surface area contributed by atoms with Gasteiger partial charge in [-0.25, -0.2) is 16.8 Å². The normalized spacial score (nSPS) is 18.5. The topological polar surface area (TPSA) is 104 Å². The van der Waals surface area contributed by atoms with Crippen molar-refractivity contribution in [3.8, 4) is 0 Å². The van der Waals surface area contributed by atoms with Crippen LogP contribution in [0.25, 0.3) is 0 Å². The minimum Gasteiger partial charge on any atom is -0.312 e. The van der Waals surface area contributed by atoms with Gasteiger partial charge in [0.25, 0.3) is 10.0 Å². The number of carbonyl (C=O) groups excluding carboxylic acids is 1. The molecule has 0 aromatic heterocycles. The molecule has 2 aromatic rings. The van der Waals surface area contributed by atoms with Crippen molar-refractivity contribution in [2.75, 3.05) is 29.3 Å². The lowest BCUT2D eigenvalue weighted by molar-refractivity contribution is -0.117. The first-order chi connectivity index (χ1) is 15.3. The highest BCUT2D eigenvalue weighted by Crippen LogP contribution is 2.25. The summed E-state index contributed by atoms with van der Waals surface area (Å²) in [7, 11) is -7.45. The van der Waals surface area contributed by atoms with Crippen LogP contribution >= 0.6 is 0 Å². The second-order valence-electron chi connectivity index (χ2n) is 8.09. The highest BCUT2D eigenvalue weighted by Gasteiger charge is 2.26. The van der Waals surface area contributed by atoms with Crippen molar-refractivity contribution in [1.82, 2.24) is 4.31 Å². The summed E-state index contributed by atoms with van der Waals surface area (Å²) in [5, 5.41) is 0. The van der Waals surface area contributed by atoms with Gasteiger partial charge in [0.1, 0.15) is 0 Å². The molecule has 1 N–H and O–H groups in total. The predicted octanol–water partition coefficient (Wildman–Crippen LogP) is 3.18. The fourth-order valence-corrected chi connectivity index (χ4v) is 6.64. The molecule has 0 unspecified atom stereocenters. The molecule has 8 nitrogen and oxygen atoms in total. The third-order valence-corrected chi connectivity index (χ3v) is 9.15. The number of hydrogen-bond acceptors (Lipinski definition) is 5. The van der Waals surface area contributed by atoms with E-state index in [-0.39, 0.29) is 21.4 Å². The lowest BCUT2D eigenvalue weighted by Gasteiger charge is -2.20. The molecule has 32 heavy (non-hydrogen) atoms. The van der Waals surface area contributed by atoms with Crippen molar-refractivity contribution in [1.29, 1.82) is 0 Å². The average Bonchev–Trinajstić information content (AvgIpc) is 3.02. The summed E-state index contributed by atoms with van der Waals surface area (Å²) in [5.41, 5.74) is 0.952. The summed E-state index contributed by atoms with van der Waals surface area (Å²) >= 11 is 0. The van der Waals surface area contributed by atoms with Crippen LogP contribution in [0.15, 0.2) is 58.3 Å². The van der Waals surface area contributed by atoms with Crippen LogP contribution < -0.4 is 9.62 Å². The fourth-order valence-electron chi connectivity index (χ4n) is 4.07. The molecular formula is C22H27N3O5S2. The van der Waals surface area contributed by atoms with Crippen LogP contribution in [0.2, 0.25) is 0 Å². The lowest BCUT2D eigenvalue weighted by atomic mass is 10.2. The van der Waals surface area contributed by atoms with Crippen LogP contribution in [0, 0.1) is 0 Å². The highest BCUT2D eigenvalue weighted by atomic mass is 32.2. The molecule has 2 aliphatic rings. The number of benzene rings is 2. The number of nitrogens with one attached hydrogen (secondary N) is 1. The van der Waals surface area contributed by atoms with Crippen LogP contribution in [0.5, 0.6) is 0 Å². The molecule has 1 amide bonds. The first-order valence-corrected chi connectivity index (χ1v) is 13.7. The first-order valence-electron chi connectivity index (χ1n) is 10.8. The van der Waals surface area contributed by atoms with Gasteiger partial charge in [-0.05, 0) is 67.8 Å². The maximum absolute atomic E-state index is 12.9. The number of amides is 1. The first kappa shape index (κ1) is 22.8. The zero-order valence-corrected chi connectivity index (χ0v) is 19.4. The molecule has 0 spiro atoms. The lowest BCUT2D eigenvalue weighted by Crippen LogP contribution is -2.31. The van der Waals surface area contributed by atoms with Gasteiger partial charge >= 0.3 is 0 Å². The Labute approximate surface area is 189 Å². The Morgan fingerprint density at radius 2 is 1.28 bits per heavy atom. The molecule has 0 radical (unpaired) electrons. The highest BCUT2D eigenvalue weighted by molar-refractivity contribution is 7.92. The van der Waals surface area contributed by atoms with Gasteiger partial charge in [-0.3, -0.25) is 9.52 Å². The minimum absolute atomic E-state index is 0.0361. The molecule has 2 aliphatic heterocycles. The summed E-state index contributed by atoms with van der Waals surface area (Å²) < 4.78 is 55.2. The van der Waals surface area contributed by atoms with Crippen LogP contribution in [0.3, 0.4) is 0 Å². The average molecular weight is 478 g/mol. The number of carbonyl (C=O) groups is 1. The van der Waals surface area contributed by atoms with E-state index in [1.807, 2.05) is 0 Å². The van der Waals surface area contributed by atoms with E-state index in [4.69, 9.17) is 0 Å². The number of rotatable bonds is 6. The van der Waals surface area contributed by atoms with Gasteiger partial charge < -0.3 is 4.90 Å². The van der Waals surface area contributed by atoms with Crippen molar-refractivity contribution in [3.05, 3.63) is 48.5 Å². The van der Waals surface area contributed by atoms with Gasteiger partial charge in [0.2, 0.25) is 15.9 Å². The zero-order chi connectivity index (χ0) is 22.8. The Hall–Kier alpha value is -2.43. The van der Waals surface area contributed by atoms with Crippen LogP contribution in [0.1, 0.15) is 38.5 Å². The van der Waals surface area contributed by atoms with Crippen molar-refractivity contribution in [2.45, 2.75) is 48.3 Å². The van der Waals surface area contributed by atoms with Crippen LogP contribution in [-0.2, 0) is 24.8 Å². The smallest absolute Gasteiger partial charge is 0.261 e. The maximum Gasteiger partial charge on any atom is 0.261 e. The molecule has 2 aromatic carbocycles. The van der Waals surface area contributed by atoms with Crippen LogP contribution in [0.4, 0.5) is 11.4 Å². The second kappa shape index (κ2) is 9.21. The van der Waals surface area contributed by atoms with Gasteiger partial charge in [-0.2, -0.15) is 4.31 Å². The van der Waals surface area contributed by atoms with E-state index in [1.54, 1.807) is 17.0 Å². The van der Waals surface area contributed by atoms with E-state index in [0.717, 1.165) is 32.1 Å². The third-order valence-electron chi connectivity index (χ3n) is 5.84. The number of sulfonamides is 2. The van der Waals surface area contributed by atoms with Gasteiger partial charge in [0, 0.05) is 37.4 Å².